The van der Waals surface area contributed by atoms with Gasteiger partial charge in [0.05, 0.1) is 12.0 Å². The number of alkyl halides is 3. The Morgan fingerprint density at radius 2 is 1.86 bits per heavy atom. The zero-order chi connectivity index (χ0) is 26.9. The molecule has 4 rings (SSSR count). The molecule has 0 radical (unpaired) electrons. The molecule has 2 aromatic heterocycles. The van der Waals surface area contributed by atoms with E-state index < -0.39 is 28.5 Å². The van der Waals surface area contributed by atoms with E-state index in [1.807, 2.05) is 6.92 Å². The largest absolute Gasteiger partial charge is 0.496 e. The summed E-state index contributed by atoms with van der Waals surface area (Å²) in [7, 11) is 1.50. The number of rotatable bonds is 7. The van der Waals surface area contributed by atoms with Crippen molar-refractivity contribution >= 4 is 45.9 Å². The highest BCUT2D eigenvalue weighted by molar-refractivity contribution is 5.81. The lowest BCUT2D eigenvalue weighted by Gasteiger charge is -2.11. The number of nitrogens with one attached hydrogen (secondary N) is 2. The Balaban J connectivity index is 1.68. The molecule has 0 saturated carbocycles. The molecule has 0 saturated heterocycles. The van der Waals surface area contributed by atoms with E-state index in [2.05, 4.69) is 25.4 Å². The van der Waals surface area contributed by atoms with Gasteiger partial charge in [-0.3, -0.25) is 10.1 Å². The maximum absolute atomic E-state index is 12.6. The number of carbonyl (C=O) groups is 1. The zero-order valence-electron chi connectivity index (χ0n) is 18.8. The summed E-state index contributed by atoms with van der Waals surface area (Å²) in [5.41, 5.74) is 0.342. The molecular weight excluding hydrogens is 505 g/mol. The molecule has 0 aliphatic carbocycles. The van der Waals surface area contributed by atoms with Gasteiger partial charge in [0.15, 0.2) is 5.58 Å². The van der Waals surface area contributed by atoms with Gasteiger partial charge >= 0.3 is 23.6 Å². The van der Waals surface area contributed by atoms with Crippen LogP contribution in [0.5, 0.6) is 5.75 Å². The third kappa shape index (κ3) is 5.26. The van der Waals surface area contributed by atoms with Crippen molar-refractivity contribution in [2.75, 3.05) is 17.7 Å². The number of nitrogens with zero attached hydrogens (tertiary/aromatic N) is 4. The lowest BCUT2D eigenvalue weighted by atomic mass is 10.2. The summed E-state index contributed by atoms with van der Waals surface area (Å²) in [6.45, 7) is 1.84. The highest BCUT2D eigenvalue weighted by Crippen LogP contribution is 2.29. The summed E-state index contributed by atoms with van der Waals surface area (Å²) >= 11 is 0. The number of hydrogen-bond donors (Lipinski definition) is 2. The smallest absolute Gasteiger partial charge is 0.493 e. The third-order valence-electron chi connectivity index (χ3n) is 4.84. The molecular formula is C21H15F3N6O7. The van der Waals surface area contributed by atoms with E-state index in [-0.39, 0.29) is 33.3 Å². The highest BCUT2D eigenvalue weighted by Gasteiger charge is 2.42. The number of benzene rings is 2. The fourth-order valence-electron chi connectivity index (χ4n) is 3.12. The minimum Gasteiger partial charge on any atom is -0.496 e. The topological polar surface area (TPSA) is 164 Å². The summed E-state index contributed by atoms with van der Waals surface area (Å²) in [4.78, 5) is 46.0. The molecule has 2 heterocycles. The standard InChI is InChI=1S/C21H15F3N6O7/c1-10-3-4-12(8-16(10)35-2)27-19-25-9-14(30(33)34)17(28-19)26-11-5-6-15-13(7-11)29(20(32)36-15)37-18(31)21(22,23)24/h3-9H,1-2H3,(H2,25,26,27,28). The number of aromatic nitrogens is 3. The molecule has 0 amide bonds. The number of anilines is 4. The number of carbonyl (C=O) groups excluding carboxylic acids is 1. The first-order valence-corrected chi connectivity index (χ1v) is 10.1. The first-order chi connectivity index (χ1) is 17.5. The van der Waals surface area contributed by atoms with Crippen molar-refractivity contribution < 1.29 is 36.9 Å². The second-order valence-electron chi connectivity index (χ2n) is 7.34. The van der Waals surface area contributed by atoms with Crippen LogP contribution < -0.4 is 26.0 Å². The maximum Gasteiger partial charge on any atom is 0.493 e. The molecule has 37 heavy (non-hydrogen) atoms. The number of hydrogen-bond acceptors (Lipinski definition) is 11. The molecule has 0 bridgehead atoms. The Bertz CT molecular complexity index is 1580. The maximum atomic E-state index is 12.6. The number of aryl methyl sites for hydroxylation is 1. The Kier molecular flexibility index (Phi) is 6.39. The van der Waals surface area contributed by atoms with Gasteiger partial charge in [-0.05, 0) is 36.8 Å². The monoisotopic (exact) mass is 520 g/mol. The molecule has 0 aliphatic rings. The van der Waals surface area contributed by atoms with Crippen molar-refractivity contribution in [1.82, 2.24) is 14.7 Å². The normalized spacial score (nSPS) is 11.3. The number of halogens is 3. The summed E-state index contributed by atoms with van der Waals surface area (Å²) in [6.07, 6.45) is -4.42. The fraction of sp³-hybridized carbons (Fsp3) is 0.143. The van der Waals surface area contributed by atoms with Crippen LogP contribution in [0.1, 0.15) is 5.56 Å². The molecule has 0 fully saturated rings. The predicted molar refractivity (Wildman–Crippen MR) is 121 cm³/mol. The molecule has 192 valence electrons. The van der Waals surface area contributed by atoms with E-state index in [4.69, 9.17) is 9.15 Å². The summed E-state index contributed by atoms with van der Waals surface area (Å²) < 4.78 is 47.8. The van der Waals surface area contributed by atoms with Gasteiger partial charge in [0.1, 0.15) is 17.5 Å². The van der Waals surface area contributed by atoms with Gasteiger partial charge in [-0.15, -0.1) is 0 Å². The van der Waals surface area contributed by atoms with Crippen molar-refractivity contribution in [3.05, 3.63) is 68.8 Å². The molecule has 0 unspecified atom stereocenters. The van der Waals surface area contributed by atoms with Gasteiger partial charge in [-0.1, -0.05) is 10.8 Å². The van der Waals surface area contributed by atoms with E-state index in [0.29, 0.717) is 11.4 Å². The van der Waals surface area contributed by atoms with Crippen LogP contribution in [-0.2, 0) is 4.79 Å². The van der Waals surface area contributed by atoms with Crippen LogP contribution in [0.25, 0.3) is 11.1 Å². The Morgan fingerprint density at radius 3 is 2.54 bits per heavy atom. The van der Waals surface area contributed by atoms with Gasteiger partial charge in [0.25, 0.3) is 0 Å². The molecule has 13 nitrogen and oxygen atoms in total. The van der Waals surface area contributed by atoms with E-state index >= 15 is 0 Å². The molecule has 0 spiro atoms. The number of ether oxygens (including phenoxy) is 1. The van der Waals surface area contributed by atoms with Crippen molar-refractivity contribution in [1.29, 1.82) is 0 Å². The lowest BCUT2D eigenvalue weighted by molar-refractivity contribution is -0.384. The third-order valence-corrected chi connectivity index (χ3v) is 4.84. The summed E-state index contributed by atoms with van der Waals surface area (Å²) in [5, 5.41) is 17.0. The summed E-state index contributed by atoms with van der Waals surface area (Å²) in [5.74, 6) is -3.77. The van der Waals surface area contributed by atoms with Crippen LogP contribution in [0.2, 0.25) is 0 Å². The highest BCUT2D eigenvalue weighted by atomic mass is 19.4. The van der Waals surface area contributed by atoms with E-state index in [0.717, 1.165) is 17.8 Å². The van der Waals surface area contributed by atoms with E-state index in [1.165, 1.54) is 19.2 Å². The Labute approximate surface area is 203 Å². The Hall–Kier alpha value is -5.15. The van der Waals surface area contributed by atoms with Gasteiger partial charge in [-0.25, -0.2) is 14.6 Å². The second kappa shape index (κ2) is 9.48. The molecule has 2 aromatic carbocycles. The summed E-state index contributed by atoms with van der Waals surface area (Å²) in [6, 6.07) is 8.73. The minimum absolute atomic E-state index is 0.0164. The van der Waals surface area contributed by atoms with Crippen LogP contribution in [0, 0.1) is 17.0 Å². The van der Waals surface area contributed by atoms with Gasteiger partial charge in [-0.2, -0.15) is 18.2 Å². The minimum atomic E-state index is -5.37. The van der Waals surface area contributed by atoms with Crippen molar-refractivity contribution in [3.63, 3.8) is 0 Å². The Morgan fingerprint density at radius 1 is 1.16 bits per heavy atom. The molecule has 0 atom stereocenters. The van der Waals surface area contributed by atoms with Gasteiger partial charge in [0.2, 0.25) is 11.8 Å². The number of oxazole rings is 1. The quantitative estimate of drug-likeness (QED) is 0.270. The zero-order valence-corrected chi connectivity index (χ0v) is 18.8. The van der Waals surface area contributed by atoms with Crippen LogP contribution >= 0.6 is 0 Å². The SMILES string of the molecule is COc1cc(Nc2ncc([N+](=O)[O-])c(Nc3ccc4oc(=O)n(OC(=O)C(F)(F)F)c4c3)n2)ccc1C. The molecule has 4 aromatic rings. The van der Waals surface area contributed by atoms with Gasteiger partial charge < -0.3 is 24.6 Å². The van der Waals surface area contributed by atoms with Crippen molar-refractivity contribution in [2.45, 2.75) is 13.1 Å². The van der Waals surface area contributed by atoms with Crippen LogP contribution in [0.15, 0.2) is 51.8 Å². The van der Waals surface area contributed by atoms with E-state index in [1.54, 1.807) is 18.2 Å². The van der Waals surface area contributed by atoms with Crippen LogP contribution in [0.3, 0.4) is 0 Å². The fourth-order valence-corrected chi connectivity index (χ4v) is 3.12. The van der Waals surface area contributed by atoms with Crippen molar-refractivity contribution in [2.24, 2.45) is 0 Å². The average Bonchev–Trinajstić information content (AvgIpc) is 3.14. The first kappa shape index (κ1) is 25.0. The lowest BCUT2D eigenvalue weighted by Crippen LogP contribution is -2.36. The number of nitro groups is 1. The van der Waals surface area contributed by atoms with Gasteiger partial charge in [0, 0.05) is 17.4 Å². The molecule has 0 aliphatic heterocycles. The molecule has 16 heteroatoms. The first-order valence-electron chi connectivity index (χ1n) is 10.1. The average molecular weight is 520 g/mol. The van der Waals surface area contributed by atoms with Crippen LogP contribution in [-0.4, -0.2) is 38.9 Å². The number of fused-ring (bicyclic) bond motifs is 1. The van der Waals surface area contributed by atoms with E-state index in [9.17, 15) is 32.9 Å². The predicted octanol–water partition coefficient (Wildman–Crippen LogP) is 3.61. The number of methoxy groups -OCH3 is 1. The van der Waals surface area contributed by atoms with Crippen LogP contribution in [0.4, 0.5) is 42.0 Å². The van der Waals surface area contributed by atoms with Crippen molar-refractivity contribution in [3.8, 4) is 5.75 Å². The molecule has 2 N–H and O–H groups in total. The second-order valence-corrected chi connectivity index (χ2v) is 7.34.